The number of amides is 2. The van der Waals surface area contributed by atoms with Crippen molar-refractivity contribution >= 4 is 45.6 Å². The predicted octanol–water partition coefficient (Wildman–Crippen LogP) is 2.86. The lowest BCUT2D eigenvalue weighted by atomic mass is 9.96. The molecule has 0 spiro atoms. The highest BCUT2D eigenvalue weighted by Gasteiger charge is 2.31. The number of halogens is 1. The van der Waals surface area contributed by atoms with E-state index in [-0.39, 0.29) is 11.8 Å². The highest BCUT2D eigenvalue weighted by Crippen LogP contribution is 2.31. The maximum absolute atomic E-state index is 12.1. The van der Waals surface area contributed by atoms with Gasteiger partial charge in [-0.1, -0.05) is 42.5 Å². The van der Waals surface area contributed by atoms with E-state index in [0.29, 0.717) is 11.1 Å². The first-order valence-corrected chi connectivity index (χ1v) is 7.16. The lowest BCUT2D eigenvalue weighted by Gasteiger charge is -2.05. The minimum atomic E-state index is -0.338. The van der Waals surface area contributed by atoms with Gasteiger partial charge in [-0.3, -0.25) is 14.9 Å². The van der Waals surface area contributed by atoms with Crippen molar-refractivity contribution in [1.29, 1.82) is 0 Å². The number of benzene rings is 2. The average Bonchev–Trinajstić information content (AvgIpc) is 2.74. The standard InChI is InChI=1S/C16H10INO2/c17-12-8-4-7-11(9-12)14-13(15(19)18-16(14)20)10-5-2-1-3-6-10/h1-9H,(H,18,19,20). The van der Waals surface area contributed by atoms with Crippen molar-refractivity contribution in [2.24, 2.45) is 0 Å². The van der Waals surface area contributed by atoms with Gasteiger partial charge in [0.25, 0.3) is 11.8 Å². The van der Waals surface area contributed by atoms with Crippen LogP contribution in [0.5, 0.6) is 0 Å². The number of nitrogens with one attached hydrogen (secondary N) is 1. The van der Waals surface area contributed by atoms with Crippen molar-refractivity contribution in [1.82, 2.24) is 5.32 Å². The van der Waals surface area contributed by atoms with E-state index in [1.54, 1.807) is 0 Å². The highest BCUT2D eigenvalue weighted by atomic mass is 127. The van der Waals surface area contributed by atoms with Crippen molar-refractivity contribution in [3.05, 3.63) is 69.3 Å². The molecular formula is C16H10INO2. The molecule has 0 saturated heterocycles. The molecule has 0 radical (unpaired) electrons. The molecule has 1 aliphatic heterocycles. The zero-order valence-corrected chi connectivity index (χ0v) is 12.5. The minimum Gasteiger partial charge on any atom is -0.288 e. The van der Waals surface area contributed by atoms with Crippen molar-refractivity contribution < 1.29 is 9.59 Å². The van der Waals surface area contributed by atoms with Crippen LogP contribution in [0.4, 0.5) is 0 Å². The molecule has 0 bridgehead atoms. The Morgan fingerprint density at radius 3 is 2.00 bits per heavy atom. The lowest BCUT2D eigenvalue weighted by molar-refractivity contribution is -0.122. The Kier molecular flexibility index (Phi) is 3.40. The summed E-state index contributed by atoms with van der Waals surface area (Å²) in [4.78, 5) is 24.2. The van der Waals surface area contributed by atoms with E-state index in [2.05, 4.69) is 27.9 Å². The Balaban J connectivity index is 2.24. The van der Waals surface area contributed by atoms with Gasteiger partial charge in [0, 0.05) is 3.57 Å². The molecule has 0 aromatic heterocycles. The van der Waals surface area contributed by atoms with Gasteiger partial charge in [-0.15, -0.1) is 0 Å². The highest BCUT2D eigenvalue weighted by molar-refractivity contribution is 14.1. The Morgan fingerprint density at radius 1 is 0.750 bits per heavy atom. The number of carbonyl (C=O) groups excluding carboxylic acids is 2. The molecule has 3 rings (SSSR count). The SMILES string of the molecule is O=C1NC(=O)C(c2cccc(I)c2)=C1c1ccccc1. The number of hydrogen-bond donors (Lipinski definition) is 1. The molecule has 0 atom stereocenters. The molecular weight excluding hydrogens is 365 g/mol. The van der Waals surface area contributed by atoms with Gasteiger partial charge in [0.15, 0.2) is 0 Å². The van der Waals surface area contributed by atoms with E-state index in [1.807, 2.05) is 54.6 Å². The normalized spacial score (nSPS) is 14.7. The van der Waals surface area contributed by atoms with Gasteiger partial charge in [0.05, 0.1) is 11.1 Å². The van der Waals surface area contributed by atoms with Gasteiger partial charge in [-0.25, -0.2) is 0 Å². The fourth-order valence-electron chi connectivity index (χ4n) is 2.25. The minimum absolute atomic E-state index is 0.337. The first-order chi connectivity index (χ1) is 9.66. The molecule has 1 aliphatic rings. The molecule has 0 unspecified atom stereocenters. The van der Waals surface area contributed by atoms with Gasteiger partial charge in [-0.2, -0.15) is 0 Å². The molecule has 4 heteroatoms. The van der Waals surface area contributed by atoms with E-state index in [0.717, 1.165) is 14.7 Å². The molecule has 2 aromatic carbocycles. The second-order valence-electron chi connectivity index (χ2n) is 4.41. The summed E-state index contributed by atoms with van der Waals surface area (Å²) in [6.45, 7) is 0. The molecule has 98 valence electrons. The molecule has 3 nitrogen and oxygen atoms in total. The number of rotatable bonds is 2. The summed E-state index contributed by atoms with van der Waals surface area (Å²) in [7, 11) is 0. The summed E-state index contributed by atoms with van der Waals surface area (Å²) in [6.07, 6.45) is 0. The molecule has 2 aromatic rings. The number of imide groups is 1. The maximum Gasteiger partial charge on any atom is 0.259 e. The second kappa shape index (κ2) is 5.20. The second-order valence-corrected chi connectivity index (χ2v) is 5.66. The summed E-state index contributed by atoms with van der Waals surface area (Å²) in [5.74, 6) is -0.675. The quantitative estimate of drug-likeness (QED) is 0.648. The maximum atomic E-state index is 12.1. The summed E-state index contributed by atoms with van der Waals surface area (Å²) in [6, 6.07) is 16.8. The van der Waals surface area contributed by atoms with E-state index in [9.17, 15) is 9.59 Å². The fraction of sp³-hybridized carbons (Fsp3) is 0. The van der Waals surface area contributed by atoms with Crippen LogP contribution in [0, 0.1) is 3.57 Å². The third-order valence-corrected chi connectivity index (χ3v) is 3.78. The largest absolute Gasteiger partial charge is 0.288 e. The Morgan fingerprint density at radius 2 is 1.35 bits per heavy atom. The molecule has 0 fully saturated rings. The van der Waals surface area contributed by atoms with Crippen LogP contribution in [0.2, 0.25) is 0 Å². The van der Waals surface area contributed by atoms with Gasteiger partial charge >= 0.3 is 0 Å². The summed E-state index contributed by atoms with van der Waals surface area (Å²) in [5, 5.41) is 2.38. The van der Waals surface area contributed by atoms with Gasteiger partial charge in [-0.05, 0) is 45.9 Å². The van der Waals surface area contributed by atoms with Crippen LogP contribution in [0.1, 0.15) is 11.1 Å². The van der Waals surface area contributed by atoms with E-state index < -0.39 is 0 Å². The third-order valence-electron chi connectivity index (χ3n) is 3.11. The predicted molar refractivity (Wildman–Crippen MR) is 85.6 cm³/mol. The van der Waals surface area contributed by atoms with E-state index in [4.69, 9.17) is 0 Å². The Labute approximate surface area is 129 Å². The fourth-order valence-corrected chi connectivity index (χ4v) is 2.80. The molecule has 0 aliphatic carbocycles. The summed E-state index contributed by atoms with van der Waals surface area (Å²) >= 11 is 2.19. The molecule has 1 heterocycles. The zero-order valence-electron chi connectivity index (χ0n) is 10.4. The zero-order chi connectivity index (χ0) is 14.1. The topological polar surface area (TPSA) is 46.2 Å². The molecule has 0 saturated carbocycles. The van der Waals surface area contributed by atoms with Crippen molar-refractivity contribution in [3.8, 4) is 0 Å². The molecule has 2 amide bonds. The van der Waals surface area contributed by atoms with Crippen LogP contribution >= 0.6 is 22.6 Å². The van der Waals surface area contributed by atoms with Crippen LogP contribution in [0.25, 0.3) is 11.1 Å². The van der Waals surface area contributed by atoms with Crippen LogP contribution in [0.3, 0.4) is 0 Å². The molecule has 1 N–H and O–H groups in total. The van der Waals surface area contributed by atoms with Crippen LogP contribution < -0.4 is 5.32 Å². The first-order valence-electron chi connectivity index (χ1n) is 6.08. The van der Waals surface area contributed by atoms with Crippen LogP contribution in [-0.2, 0) is 9.59 Å². The first kappa shape index (κ1) is 13.1. The van der Waals surface area contributed by atoms with Crippen molar-refractivity contribution in [2.45, 2.75) is 0 Å². The molecule has 20 heavy (non-hydrogen) atoms. The Hall–Kier alpha value is -1.95. The van der Waals surface area contributed by atoms with E-state index in [1.165, 1.54) is 0 Å². The summed E-state index contributed by atoms with van der Waals surface area (Å²) in [5.41, 5.74) is 2.40. The van der Waals surface area contributed by atoms with Crippen molar-refractivity contribution in [3.63, 3.8) is 0 Å². The Bertz CT molecular complexity index is 735. The van der Waals surface area contributed by atoms with E-state index >= 15 is 0 Å². The van der Waals surface area contributed by atoms with Gasteiger partial charge in [0.1, 0.15) is 0 Å². The van der Waals surface area contributed by atoms with Gasteiger partial charge in [0.2, 0.25) is 0 Å². The van der Waals surface area contributed by atoms with Crippen LogP contribution in [0.15, 0.2) is 54.6 Å². The number of carbonyl (C=O) groups is 2. The monoisotopic (exact) mass is 375 g/mol. The average molecular weight is 375 g/mol. The third kappa shape index (κ3) is 2.27. The summed E-state index contributed by atoms with van der Waals surface area (Å²) < 4.78 is 1.02. The van der Waals surface area contributed by atoms with Crippen molar-refractivity contribution in [2.75, 3.05) is 0 Å². The van der Waals surface area contributed by atoms with Gasteiger partial charge < -0.3 is 0 Å². The lowest BCUT2D eigenvalue weighted by Crippen LogP contribution is -2.22. The smallest absolute Gasteiger partial charge is 0.259 e. The number of hydrogen-bond acceptors (Lipinski definition) is 2. The van der Waals surface area contributed by atoms with Crippen LogP contribution in [-0.4, -0.2) is 11.8 Å².